The Morgan fingerprint density at radius 3 is 2.36 bits per heavy atom. The molecule has 0 amide bonds. The van der Waals surface area contributed by atoms with Gasteiger partial charge >= 0.3 is 0 Å². The molecule has 0 aliphatic rings. The largest absolute Gasteiger partial charge is 0.457 e. The fourth-order valence-corrected chi connectivity index (χ4v) is 4.39. The lowest BCUT2D eigenvalue weighted by Crippen LogP contribution is -2.26. The fraction of sp³-hybridized carbons (Fsp3) is 0.0690. The van der Waals surface area contributed by atoms with Crippen LogP contribution in [0.1, 0.15) is 11.1 Å². The van der Waals surface area contributed by atoms with E-state index in [2.05, 4.69) is 40.3 Å². The standard InChI is InChI=1S/C29H23N5O2/c30-29-32-27-26(33(19-31-27)17-21-13-14-22-8-4-5-9-23(22)15-21)28(35)34(29)18-20-7-6-12-25(16-20)36-24-10-2-1-3-11-24/h1-16,19H,17-18H2,(H2,30,32). The number of aromatic nitrogens is 4. The maximum absolute atomic E-state index is 13.6. The molecule has 0 unspecified atom stereocenters. The average Bonchev–Trinajstić information content (AvgIpc) is 3.29. The first kappa shape index (κ1) is 21.6. The maximum Gasteiger partial charge on any atom is 0.281 e. The summed E-state index contributed by atoms with van der Waals surface area (Å²) in [6.45, 7) is 0.767. The van der Waals surface area contributed by atoms with Gasteiger partial charge in [-0.15, -0.1) is 0 Å². The van der Waals surface area contributed by atoms with E-state index in [1.165, 1.54) is 9.95 Å². The number of nitrogen functional groups attached to an aromatic ring is 1. The van der Waals surface area contributed by atoms with Crippen molar-refractivity contribution in [1.82, 2.24) is 19.1 Å². The highest BCUT2D eigenvalue weighted by atomic mass is 16.5. The van der Waals surface area contributed by atoms with Crippen molar-refractivity contribution in [3.63, 3.8) is 0 Å². The van der Waals surface area contributed by atoms with Crippen LogP contribution in [-0.4, -0.2) is 19.1 Å². The molecule has 0 saturated heterocycles. The van der Waals surface area contributed by atoms with Crippen molar-refractivity contribution >= 4 is 27.9 Å². The van der Waals surface area contributed by atoms with Gasteiger partial charge in [-0.3, -0.25) is 9.36 Å². The van der Waals surface area contributed by atoms with E-state index in [-0.39, 0.29) is 18.1 Å². The first-order valence-corrected chi connectivity index (χ1v) is 11.6. The summed E-state index contributed by atoms with van der Waals surface area (Å²) in [6, 6.07) is 31.6. The molecule has 0 aliphatic carbocycles. The normalized spacial score (nSPS) is 11.2. The molecule has 6 rings (SSSR count). The molecule has 0 spiro atoms. The number of imidazole rings is 1. The van der Waals surface area contributed by atoms with Gasteiger partial charge in [0.05, 0.1) is 12.9 Å². The van der Waals surface area contributed by atoms with Gasteiger partial charge in [-0.1, -0.05) is 66.7 Å². The molecule has 0 aliphatic heterocycles. The Morgan fingerprint density at radius 1 is 0.750 bits per heavy atom. The monoisotopic (exact) mass is 473 g/mol. The van der Waals surface area contributed by atoms with Gasteiger partial charge in [-0.05, 0) is 52.2 Å². The van der Waals surface area contributed by atoms with E-state index in [1.807, 2.05) is 71.3 Å². The Hall–Kier alpha value is -4.91. The third kappa shape index (κ3) is 4.18. The van der Waals surface area contributed by atoms with Crippen LogP contribution in [0.2, 0.25) is 0 Å². The second-order valence-electron chi connectivity index (χ2n) is 8.65. The number of nitrogens with zero attached hydrogens (tertiary/aromatic N) is 4. The van der Waals surface area contributed by atoms with Crippen molar-refractivity contribution in [3.05, 3.63) is 125 Å². The second kappa shape index (κ2) is 9.03. The SMILES string of the molecule is Nc1nc2ncn(Cc3ccc4ccccc4c3)c2c(=O)n1Cc1cccc(Oc2ccccc2)c1. The summed E-state index contributed by atoms with van der Waals surface area (Å²) in [7, 11) is 0. The minimum absolute atomic E-state index is 0.123. The molecule has 0 saturated carbocycles. The van der Waals surface area contributed by atoms with Crippen LogP contribution >= 0.6 is 0 Å². The summed E-state index contributed by atoms with van der Waals surface area (Å²) in [6.07, 6.45) is 1.65. The summed E-state index contributed by atoms with van der Waals surface area (Å²) < 4.78 is 9.25. The number of rotatable bonds is 6. The van der Waals surface area contributed by atoms with Crippen LogP contribution in [0.4, 0.5) is 5.95 Å². The molecule has 0 bridgehead atoms. The lowest BCUT2D eigenvalue weighted by Gasteiger charge is -2.12. The summed E-state index contributed by atoms with van der Waals surface area (Å²) in [4.78, 5) is 22.3. The number of benzene rings is 4. The molecule has 0 radical (unpaired) electrons. The number of hydrogen-bond donors (Lipinski definition) is 1. The van der Waals surface area contributed by atoms with Crippen LogP contribution in [0.3, 0.4) is 0 Å². The average molecular weight is 474 g/mol. The summed E-state index contributed by atoms with van der Waals surface area (Å²) >= 11 is 0. The van der Waals surface area contributed by atoms with Gasteiger partial charge in [0.25, 0.3) is 5.56 Å². The predicted molar refractivity (Wildman–Crippen MR) is 141 cm³/mol. The number of hydrogen-bond acceptors (Lipinski definition) is 5. The van der Waals surface area contributed by atoms with Gasteiger partial charge < -0.3 is 15.0 Å². The predicted octanol–water partition coefficient (Wildman–Crippen LogP) is 5.22. The van der Waals surface area contributed by atoms with E-state index >= 15 is 0 Å². The number of fused-ring (bicyclic) bond motifs is 2. The van der Waals surface area contributed by atoms with E-state index < -0.39 is 0 Å². The third-order valence-electron chi connectivity index (χ3n) is 6.15. The maximum atomic E-state index is 13.6. The third-order valence-corrected chi connectivity index (χ3v) is 6.15. The molecular weight excluding hydrogens is 450 g/mol. The Morgan fingerprint density at radius 2 is 1.50 bits per heavy atom. The first-order valence-electron chi connectivity index (χ1n) is 11.6. The number of para-hydroxylation sites is 1. The smallest absolute Gasteiger partial charge is 0.281 e. The zero-order valence-electron chi connectivity index (χ0n) is 19.4. The molecule has 0 atom stereocenters. The summed E-state index contributed by atoms with van der Waals surface area (Å²) in [5, 5.41) is 2.32. The van der Waals surface area contributed by atoms with E-state index in [0.29, 0.717) is 23.5 Å². The van der Waals surface area contributed by atoms with Gasteiger partial charge in [-0.2, -0.15) is 4.98 Å². The second-order valence-corrected chi connectivity index (χ2v) is 8.65. The van der Waals surface area contributed by atoms with Crippen molar-refractivity contribution in [3.8, 4) is 11.5 Å². The van der Waals surface area contributed by atoms with Crippen LogP contribution in [0.25, 0.3) is 21.9 Å². The highest BCUT2D eigenvalue weighted by Gasteiger charge is 2.15. The molecule has 36 heavy (non-hydrogen) atoms. The number of ether oxygens (including phenoxy) is 1. The molecule has 7 heteroatoms. The Kier molecular flexibility index (Phi) is 5.42. The highest BCUT2D eigenvalue weighted by Crippen LogP contribution is 2.23. The molecule has 2 heterocycles. The van der Waals surface area contributed by atoms with E-state index in [9.17, 15) is 4.79 Å². The molecular formula is C29H23N5O2. The van der Waals surface area contributed by atoms with Crippen molar-refractivity contribution in [1.29, 1.82) is 0 Å². The van der Waals surface area contributed by atoms with Gasteiger partial charge in [0, 0.05) is 6.54 Å². The summed E-state index contributed by atoms with van der Waals surface area (Å²) in [5.41, 5.74) is 8.67. The first-order chi connectivity index (χ1) is 17.6. The lowest BCUT2D eigenvalue weighted by atomic mass is 10.1. The van der Waals surface area contributed by atoms with Crippen LogP contribution < -0.4 is 16.0 Å². The molecule has 0 fully saturated rings. The molecule has 2 N–H and O–H groups in total. The van der Waals surface area contributed by atoms with Gasteiger partial charge in [-0.25, -0.2) is 4.98 Å². The Bertz CT molecular complexity index is 1760. The summed E-state index contributed by atoms with van der Waals surface area (Å²) in [5.74, 6) is 1.55. The Labute approximate surface area is 207 Å². The minimum atomic E-state index is -0.231. The van der Waals surface area contributed by atoms with E-state index in [1.54, 1.807) is 6.33 Å². The number of nitrogens with two attached hydrogens (primary N) is 1. The highest BCUT2D eigenvalue weighted by molar-refractivity contribution is 5.83. The van der Waals surface area contributed by atoms with Crippen LogP contribution in [0.5, 0.6) is 11.5 Å². The zero-order chi connectivity index (χ0) is 24.5. The van der Waals surface area contributed by atoms with Crippen molar-refractivity contribution in [2.24, 2.45) is 0 Å². The van der Waals surface area contributed by atoms with Crippen LogP contribution in [0.15, 0.2) is 108 Å². The molecule has 6 aromatic rings. The van der Waals surface area contributed by atoms with Crippen LogP contribution in [0, 0.1) is 0 Å². The molecule has 7 nitrogen and oxygen atoms in total. The van der Waals surface area contributed by atoms with Crippen LogP contribution in [-0.2, 0) is 13.1 Å². The molecule has 176 valence electrons. The lowest BCUT2D eigenvalue weighted by molar-refractivity contribution is 0.481. The minimum Gasteiger partial charge on any atom is -0.457 e. The van der Waals surface area contributed by atoms with Gasteiger partial charge in [0.2, 0.25) is 5.95 Å². The van der Waals surface area contributed by atoms with Gasteiger partial charge in [0.15, 0.2) is 11.2 Å². The Balaban J connectivity index is 1.32. The quantitative estimate of drug-likeness (QED) is 0.358. The van der Waals surface area contributed by atoms with Gasteiger partial charge in [0.1, 0.15) is 11.5 Å². The van der Waals surface area contributed by atoms with E-state index in [4.69, 9.17) is 10.5 Å². The fourth-order valence-electron chi connectivity index (χ4n) is 4.39. The molecule has 2 aromatic heterocycles. The topological polar surface area (TPSA) is 88.0 Å². The van der Waals surface area contributed by atoms with Crippen molar-refractivity contribution < 1.29 is 4.74 Å². The number of anilines is 1. The van der Waals surface area contributed by atoms with Crippen molar-refractivity contribution in [2.75, 3.05) is 5.73 Å². The van der Waals surface area contributed by atoms with Crippen molar-refractivity contribution in [2.45, 2.75) is 13.1 Å². The molecule has 4 aromatic carbocycles. The van der Waals surface area contributed by atoms with E-state index in [0.717, 1.165) is 22.3 Å². The zero-order valence-corrected chi connectivity index (χ0v) is 19.4.